The van der Waals surface area contributed by atoms with Gasteiger partial charge in [-0.05, 0) is 80.6 Å². The van der Waals surface area contributed by atoms with E-state index in [9.17, 15) is 9.90 Å². The Morgan fingerprint density at radius 3 is 2.47 bits per heavy atom. The third-order valence-electron chi connectivity index (χ3n) is 5.71. The van der Waals surface area contributed by atoms with Gasteiger partial charge in [0, 0.05) is 23.3 Å². The molecule has 1 aliphatic rings. The number of aryl methyl sites for hydroxylation is 1. The van der Waals surface area contributed by atoms with Gasteiger partial charge in [-0.2, -0.15) is 0 Å². The van der Waals surface area contributed by atoms with Gasteiger partial charge in [0.25, 0.3) is 0 Å². The molecular weight excluding hydrogens is 518 g/mol. The topological polar surface area (TPSA) is 86.6 Å². The lowest BCUT2D eigenvalue weighted by Crippen LogP contribution is -2.30. The summed E-state index contributed by atoms with van der Waals surface area (Å²) in [6, 6.07) is 13.7. The molecule has 1 aliphatic heterocycles. The molecule has 2 aromatic heterocycles. The molecule has 5 rings (SSSR count). The number of hydrogen-bond acceptors (Lipinski definition) is 6. The van der Waals surface area contributed by atoms with Crippen LogP contribution in [0.3, 0.4) is 0 Å². The molecule has 38 heavy (non-hydrogen) atoms. The van der Waals surface area contributed by atoms with Crippen LogP contribution in [0.5, 0.6) is 0 Å². The number of aliphatic hydroxyl groups is 1. The third-order valence-corrected chi connectivity index (χ3v) is 7.11. The molecule has 3 heterocycles. The fraction of sp³-hybridized carbons (Fsp3) is 0.300. The van der Waals surface area contributed by atoms with Gasteiger partial charge in [-0.3, -0.25) is 9.78 Å². The maximum atomic E-state index is 11.6. The molecule has 4 aromatic rings. The number of aliphatic carboxylic acids is 1. The molecule has 0 radical (unpaired) electrons. The zero-order valence-electron chi connectivity index (χ0n) is 22.0. The van der Waals surface area contributed by atoms with Gasteiger partial charge in [-0.15, -0.1) is 12.8 Å². The molecular formula is C30H32ClN3O3S. The van der Waals surface area contributed by atoms with E-state index in [0.717, 1.165) is 62.8 Å². The Hall–Kier alpha value is -3.44. The maximum absolute atomic E-state index is 11.6. The Morgan fingerprint density at radius 1 is 1.18 bits per heavy atom. The van der Waals surface area contributed by atoms with Gasteiger partial charge in [0.05, 0.1) is 34.5 Å². The highest BCUT2D eigenvalue weighted by Crippen LogP contribution is 2.41. The average molecular weight is 550 g/mol. The van der Waals surface area contributed by atoms with Crippen molar-refractivity contribution in [3.63, 3.8) is 0 Å². The zero-order valence-corrected chi connectivity index (χ0v) is 23.6. The number of aromatic nitrogens is 2. The summed E-state index contributed by atoms with van der Waals surface area (Å²) >= 11 is 7.72. The van der Waals surface area contributed by atoms with E-state index in [4.69, 9.17) is 21.7 Å². The molecule has 0 amide bonds. The van der Waals surface area contributed by atoms with E-state index in [1.54, 1.807) is 32.1 Å². The average Bonchev–Trinajstić information content (AvgIpc) is 3.28. The van der Waals surface area contributed by atoms with Gasteiger partial charge in [-0.1, -0.05) is 41.1 Å². The smallest absolute Gasteiger partial charge is 0.307 e. The van der Waals surface area contributed by atoms with E-state index in [0.29, 0.717) is 5.02 Å². The summed E-state index contributed by atoms with van der Waals surface area (Å²) in [4.78, 5) is 23.4. The number of rotatable bonds is 4. The fourth-order valence-electron chi connectivity index (χ4n) is 4.18. The minimum Gasteiger partial charge on any atom is -0.481 e. The van der Waals surface area contributed by atoms with Crippen LogP contribution in [0.15, 0.2) is 48.7 Å². The van der Waals surface area contributed by atoms with Gasteiger partial charge in [0.2, 0.25) is 0 Å². The van der Waals surface area contributed by atoms with Crippen LogP contribution in [-0.4, -0.2) is 38.3 Å². The van der Waals surface area contributed by atoms with Crippen LogP contribution >= 0.6 is 22.9 Å². The van der Waals surface area contributed by atoms with Gasteiger partial charge in [0.15, 0.2) is 5.13 Å². The molecule has 0 saturated heterocycles. The lowest BCUT2D eigenvalue weighted by molar-refractivity contribution is -0.136. The maximum Gasteiger partial charge on any atom is 0.307 e. The Kier molecular flexibility index (Phi) is 9.50. The lowest BCUT2D eigenvalue weighted by Gasteiger charge is -2.27. The van der Waals surface area contributed by atoms with Crippen molar-refractivity contribution in [2.24, 2.45) is 0 Å². The highest BCUT2D eigenvalue weighted by atomic mass is 35.5. The number of hydrogen-bond donors (Lipinski definition) is 2. The Morgan fingerprint density at radius 2 is 1.84 bits per heavy atom. The van der Waals surface area contributed by atoms with Crippen molar-refractivity contribution in [2.75, 3.05) is 11.4 Å². The highest BCUT2D eigenvalue weighted by molar-refractivity contribution is 7.22. The number of terminal acetylenes is 1. The van der Waals surface area contributed by atoms with Gasteiger partial charge in [-0.25, -0.2) is 4.98 Å². The van der Waals surface area contributed by atoms with Crippen LogP contribution in [0.4, 0.5) is 5.13 Å². The third kappa shape index (κ3) is 7.32. The predicted octanol–water partition coefficient (Wildman–Crippen LogP) is 6.54. The number of carboxylic acids is 1. The van der Waals surface area contributed by atoms with E-state index >= 15 is 0 Å². The Balaban J connectivity index is 0.000000515. The molecule has 2 aromatic carbocycles. The number of fused-ring (bicyclic) bond motifs is 2. The zero-order chi connectivity index (χ0) is 28.0. The summed E-state index contributed by atoms with van der Waals surface area (Å²) in [7, 11) is 0. The second kappa shape index (κ2) is 12.4. The molecule has 0 unspecified atom stereocenters. The van der Waals surface area contributed by atoms with Gasteiger partial charge >= 0.3 is 5.97 Å². The molecule has 0 atom stereocenters. The number of carboxylic acid groups (broad SMARTS) is 1. The van der Waals surface area contributed by atoms with Crippen molar-refractivity contribution in [1.29, 1.82) is 0 Å². The van der Waals surface area contributed by atoms with E-state index in [2.05, 4.69) is 28.8 Å². The van der Waals surface area contributed by atoms with E-state index in [-0.39, 0.29) is 6.42 Å². The molecule has 6 nitrogen and oxygen atoms in total. The first-order valence-electron chi connectivity index (χ1n) is 12.1. The number of anilines is 1. The van der Waals surface area contributed by atoms with Crippen LogP contribution in [0.25, 0.3) is 21.3 Å². The molecule has 8 heteroatoms. The van der Waals surface area contributed by atoms with Crippen LogP contribution in [-0.2, 0) is 24.2 Å². The SMILES string of the molecule is C#C.CC(C)(C)O.Cc1cc2nc(N3CCc4cccnc4C3)sc2c(-c2ccc(Cl)cc2)c1CC(=O)O. The second-order valence-electron chi connectivity index (χ2n) is 9.92. The normalized spacial score (nSPS) is 12.6. The number of carbonyl (C=O) groups is 1. The van der Waals surface area contributed by atoms with Crippen LogP contribution in [0, 0.1) is 19.8 Å². The molecule has 0 aliphatic carbocycles. The number of thiazole rings is 1. The van der Waals surface area contributed by atoms with E-state index in [1.165, 1.54) is 5.56 Å². The quantitative estimate of drug-likeness (QED) is 0.281. The highest BCUT2D eigenvalue weighted by Gasteiger charge is 2.23. The summed E-state index contributed by atoms with van der Waals surface area (Å²) < 4.78 is 1.01. The minimum absolute atomic E-state index is 0.0338. The Labute approximate surface area is 233 Å². The van der Waals surface area contributed by atoms with Gasteiger partial charge < -0.3 is 15.1 Å². The first-order valence-corrected chi connectivity index (χ1v) is 13.3. The van der Waals surface area contributed by atoms with Crippen molar-refractivity contribution < 1.29 is 15.0 Å². The van der Waals surface area contributed by atoms with Crippen molar-refractivity contribution in [2.45, 2.75) is 52.7 Å². The summed E-state index contributed by atoms with van der Waals surface area (Å²) in [5.74, 6) is -0.846. The Bertz CT molecular complexity index is 1430. The van der Waals surface area contributed by atoms with Gasteiger partial charge in [0.1, 0.15) is 0 Å². The number of benzene rings is 2. The molecule has 0 fully saturated rings. The number of nitrogens with zero attached hydrogens (tertiary/aromatic N) is 3. The summed E-state index contributed by atoms with van der Waals surface area (Å²) in [6.45, 7) is 8.80. The first-order chi connectivity index (χ1) is 18.0. The largest absolute Gasteiger partial charge is 0.481 e. The molecule has 198 valence electrons. The summed E-state index contributed by atoms with van der Waals surface area (Å²) in [5.41, 5.74) is 6.42. The van der Waals surface area contributed by atoms with Crippen LogP contribution in [0.1, 0.15) is 43.2 Å². The minimum atomic E-state index is -0.846. The van der Waals surface area contributed by atoms with E-state index in [1.807, 2.05) is 49.5 Å². The summed E-state index contributed by atoms with van der Waals surface area (Å²) in [5, 5.41) is 19.6. The second-order valence-corrected chi connectivity index (χ2v) is 11.3. The number of halogens is 1. The monoisotopic (exact) mass is 549 g/mol. The van der Waals surface area contributed by atoms with Crippen molar-refractivity contribution in [3.8, 4) is 24.0 Å². The van der Waals surface area contributed by atoms with Crippen molar-refractivity contribution in [3.05, 3.63) is 76.1 Å². The molecule has 0 bridgehead atoms. The predicted molar refractivity (Wildman–Crippen MR) is 157 cm³/mol. The standard InChI is InChI=1S/C24H20ClN3O2S.C4H10O.C2H2/c1-14-11-19-23(22(18(14)12-21(29)30)16-4-6-17(25)7-5-16)31-24(27-19)28-10-8-15-3-2-9-26-20(15)13-28;1-4(2,3)5;1-2/h2-7,9,11H,8,10,12-13H2,1H3,(H,29,30);5H,1-3H3;1-2H. The number of pyridine rings is 1. The van der Waals surface area contributed by atoms with Crippen molar-refractivity contribution >= 4 is 44.3 Å². The lowest BCUT2D eigenvalue weighted by atomic mass is 9.93. The summed E-state index contributed by atoms with van der Waals surface area (Å²) in [6.07, 6.45) is 10.7. The first kappa shape index (κ1) is 29.1. The molecule has 0 spiro atoms. The molecule has 0 saturated carbocycles. The van der Waals surface area contributed by atoms with Crippen LogP contribution < -0.4 is 4.90 Å². The molecule has 2 N–H and O–H groups in total. The van der Waals surface area contributed by atoms with Crippen LogP contribution in [0.2, 0.25) is 5.02 Å². The van der Waals surface area contributed by atoms with E-state index < -0.39 is 11.6 Å². The van der Waals surface area contributed by atoms with Crippen molar-refractivity contribution in [1.82, 2.24) is 9.97 Å². The fourth-order valence-corrected chi connectivity index (χ4v) is 5.47.